The molecule has 0 saturated carbocycles. The Morgan fingerprint density at radius 2 is 2.06 bits per heavy atom. The van der Waals surface area contributed by atoms with Gasteiger partial charge in [0.2, 0.25) is 5.28 Å². The monoisotopic (exact) mass is 238 g/mol. The molecule has 0 spiro atoms. The number of hydrogen-bond acceptors (Lipinski definition) is 5. The molecule has 2 aromatic rings. The lowest BCUT2D eigenvalue weighted by Crippen LogP contribution is -2.44. The van der Waals surface area contributed by atoms with Gasteiger partial charge in [-0.3, -0.25) is 0 Å². The van der Waals surface area contributed by atoms with Crippen LogP contribution in [0.3, 0.4) is 0 Å². The van der Waals surface area contributed by atoms with Crippen LogP contribution >= 0.6 is 11.6 Å². The van der Waals surface area contributed by atoms with Crippen LogP contribution in [-0.4, -0.2) is 46.1 Å². The first-order chi connectivity index (χ1) is 7.84. The summed E-state index contributed by atoms with van der Waals surface area (Å²) in [7, 11) is 0. The molecule has 2 aromatic heterocycles. The molecule has 0 aliphatic carbocycles. The van der Waals surface area contributed by atoms with Crippen molar-refractivity contribution in [3.8, 4) is 0 Å². The average molecular weight is 239 g/mol. The Bertz CT molecular complexity index is 504. The van der Waals surface area contributed by atoms with Crippen LogP contribution in [-0.2, 0) is 0 Å². The van der Waals surface area contributed by atoms with E-state index < -0.39 is 0 Å². The smallest absolute Gasteiger partial charge is 0.226 e. The highest BCUT2D eigenvalue weighted by Gasteiger charge is 2.17. The molecular weight excluding hydrogens is 228 g/mol. The van der Waals surface area contributed by atoms with Gasteiger partial charge in [-0.25, -0.2) is 4.98 Å². The highest BCUT2D eigenvalue weighted by Crippen LogP contribution is 2.22. The SMILES string of the molecule is Clc1nc(N2CCNCC2)c2[nH]cnc2n1. The number of rotatable bonds is 1. The summed E-state index contributed by atoms with van der Waals surface area (Å²) in [6.45, 7) is 3.75. The van der Waals surface area contributed by atoms with Crippen molar-refractivity contribution < 1.29 is 0 Å². The van der Waals surface area contributed by atoms with Gasteiger partial charge in [-0.15, -0.1) is 0 Å². The lowest BCUT2D eigenvalue weighted by atomic mass is 10.3. The molecule has 0 unspecified atom stereocenters. The summed E-state index contributed by atoms with van der Waals surface area (Å²) in [5.74, 6) is 0.842. The molecule has 16 heavy (non-hydrogen) atoms. The molecule has 2 N–H and O–H groups in total. The van der Waals surface area contributed by atoms with Crippen molar-refractivity contribution in [3.63, 3.8) is 0 Å². The number of H-pyrrole nitrogens is 1. The molecule has 6 nitrogen and oxygen atoms in total. The molecule has 0 amide bonds. The maximum Gasteiger partial charge on any atom is 0.226 e. The lowest BCUT2D eigenvalue weighted by Gasteiger charge is -2.28. The minimum absolute atomic E-state index is 0.244. The van der Waals surface area contributed by atoms with Gasteiger partial charge in [-0.05, 0) is 11.6 Å². The summed E-state index contributed by atoms with van der Waals surface area (Å²) >= 11 is 5.88. The zero-order valence-electron chi connectivity index (χ0n) is 8.57. The molecule has 3 rings (SSSR count). The third-order valence-electron chi connectivity index (χ3n) is 2.66. The molecule has 1 saturated heterocycles. The Morgan fingerprint density at radius 3 is 2.88 bits per heavy atom. The second-order valence-electron chi connectivity index (χ2n) is 3.65. The summed E-state index contributed by atoms with van der Waals surface area (Å²) in [5, 5.41) is 3.54. The van der Waals surface area contributed by atoms with Gasteiger partial charge in [0.15, 0.2) is 11.5 Å². The number of imidazole rings is 1. The van der Waals surface area contributed by atoms with Crippen molar-refractivity contribution in [2.24, 2.45) is 0 Å². The van der Waals surface area contributed by atoms with Crippen LogP contribution in [0.4, 0.5) is 5.82 Å². The van der Waals surface area contributed by atoms with Crippen molar-refractivity contribution in [1.29, 1.82) is 0 Å². The van der Waals surface area contributed by atoms with Crippen LogP contribution in [0.2, 0.25) is 5.28 Å². The van der Waals surface area contributed by atoms with E-state index in [-0.39, 0.29) is 5.28 Å². The minimum Gasteiger partial charge on any atom is -0.352 e. The standard InChI is InChI=1S/C9H11ClN6/c10-9-14-7-6(12-5-13-7)8(15-9)16-3-1-11-2-4-16/h5,11H,1-4H2,(H,12,13,14,15). The topological polar surface area (TPSA) is 69.7 Å². The number of nitrogens with zero attached hydrogens (tertiary/aromatic N) is 4. The van der Waals surface area contributed by atoms with E-state index in [2.05, 4.69) is 30.2 Å². The minimum atomic E-state index is 0.244. The number of anilines is 1. The Hall–Kier alpha value is -1.40. The number of aromatic amines is 1. The zero-order chi connectivity index (χ0) is 11.0. The van der Waals surface area contributed by atoms with Crippen LogP contribution in [0.25, 0.3) is 11.2 Å². The van der Waals surface area contributed by atoms with E-state index in [4.69, 9.17) is 11.6 Å². The largest absolute Gasteiger partial charge is 0.352 e. The van der Waals surface area contributed by atoms with Gasteiger partial charge in [-0.1, -0.05) is 0 Å². The van der Waals surface area contributed by atoms with Crippen molar-refractivity contribution in [2.75, 3.05) is 31.1 Å². The fourth-order valence-electron chi connectivity index (χ4n) is 1.90. The van der Waals surface area contributed by atoms with Crippen molar-refractivity contribution in [2.45, 2.75) is 0 Å². The molecule has 3 heterocycles. The second kappa shape index (κ2) is 3.88. The van der Waals surface area contributed by atoms with Gasteiger partial charge in [-0.2, -0.15) is 9.97 Å². The Balaban J connectivity index is 2.09. The van der Waals surface area contributed by atoms with E-state index in [1.165, 1.54) is 0 Å². The molecule has 1 fully saturated rings. The zero-order valence-corrected chi connectivity index (χ0v) is 9.33. The van der Waals surface area contributed by atoms with Crippen LogP contribution in [0, 0.1) is 0 Å². The van der Waals surface area contributed by atoms with Gasteiger partial charge in [0.25, 0.3) is 0 Å². The number of nitrogens with one attached hydrogen (secondary N) is 2. The normalized spacial score (nSPS) is 16.9. The van der Waals surface area contributed by atoms with Gasteiger partial charge in [0.1, 0.15) is 5.52 Å². The number of hydrogen-bond donors (Lipinski definition) is 2. The summed E-state index contributed by atoms with van der Waals surface area (Å²) in [4.78, 5) is 17.7. The van der Waals surface area contributed by atoms with Crippen LogP contribution in [0.1, 0.15) is 0 Å². The fraction of sp³-hybridized carbons (Fsp3) is 0.444. The molecule has 0 radical (unpaired) electrons. The Kier molecular flexibility index (Phi) is 2.37. The van der Waals surface area contributed by atoms with Gasteiger partial charge in [0, 0.05) is 26.2 Å². The third-order valence-corrected chi connectivity index (χ3v) is 2.82. The fourth-order valence-corrected chi connectivity index (χ4v) is 2.06. The predicted molar refractivity (Wildman–Crippen MR) is 61.8 cm³/mol. The van der Waals surface area contributed by atoms with Crippen LogP contribution in [0.5, 0.6) is 0 Å². The first kappa shape index (κ1) is 9.80. The van der Waals surface area contributed by atoms with Crippen molar-refractivity contribution in [1.82, 2.24) is 25.3 Å². The Labute approximate surface area is 97.0 Å². The maximum atomic E-state index is 5.88. The molecule has 0 aromatic carbocycles. The third kappa shape index (κ3) is 1.60. The van der Waals surface area contributed by atoms with E-state index in [0.29, 0.717) is 5.65 Å². The van der Waals surface area contributed by atoms with Crippen LogP contribution in [0.15, 0.2) is 6.33 Å². The first-order valence-corrected chi connectivity index (χ1v) is 5.55. The lowest BCUT2D eigenvalue weighted by molar-refractivity contribution is 0.586. The Morgan fingerprint density at radius 1 is 1.25 bits per heavy atom. The van der Waals surface area contributed by atoms with E-state index in [9.17, 15) is 0 Å². The average Bonchev–Trinajstić information content (AvgIpc) is 2.77. The predicted octanol–water partition coefficient (Wildman–Crippen LogP) is 0.416. The molecule has 84 valence electrons. The van der Waals surface area contributed by atoms with Gasteiger partial charge in [0.05, 0.1) is 6.33 Å². The maximum absolute atomic E-state index is 5.88. The molecule has 7 heteroatoms. The molecule has 0 bridgehead atoms. The van der Waals surface area contributed by atoms with Crippen LogP contribution < -0.4 is 10.2 Å². The van der Waals surface area contributed by atoms with Gasteiger partial charge >= 0.3 is 0 Å². The highest BCUT2D eigenvalue weighted by atomic mass is 35.5. The number of fused-ring (bicyclic) bond motifs is 1. The summed E-state index contributed by atoms with van der Waals surface area (Å²) in [6, 6.07) is 0. The number of piperazine rings is 1. The first-order valence-electron chi connectivity index (χ1n) is 5.17. The van der Waals surface area contributed by atoms with E-state index in [0.717, 1.165) is 37.5 Å². The highest BCUT2D eigenvalue weighted by molar-refractivity contribution is 6.28. The second-order valence-corrected chi connectivity index (χ2v) is 3.99. The molecule has 1 aliphatic heterocycles. The number of halogens is 1. The van der Waals surface area contributed by atoms with Crippen molar-refractivity contribution >= 4 is 28.6 Å². The quantitative estimate of drug-likeness (QED) is 0.705. The van der Waals surface area contributed by atoms with E-state index in [1.807, 2.05) is 0 Å². The molecule has 1 aliphatic rings. The number of aromatic nitrogens is 4. The van der Waals surface area contributed by atoms with Gasteiger partial charge < -0.3 is 15.2 Å². The van der Waals surface area contributed by atoms with E-state index in [1.54, 1.807) is 6.33 Å². The van der Waals surface area contributed by atoms with E-state index >= 15 is 0 Å². The van der Waals surface area contributed by atoms with Crippen molar-refractivity contribution in [3.05, 3.63) is 11.6 Å². The summed E-state index contributed by atoms with van der Waals surface area (Å²) in [5.41, 5.74) is 1.47. The molecule has 0 atom stereocenters. The summed E-state index contributed by atoms with van der Waals surface area (Å²) in [6.07, 6.45) is 1.61. The summed E-state index contributed by atoms with van der Waals surface area (Å²) < 4.78 is 0. The molecular formula is C9H11ClN6.